The van der Waals surface area contributed by atoms with E-state index in [0.29, 0.717) is 0 Å². The molecule has 0 rings (SSSR count). The molecule has 0 saturated carbocycles. The van der Waals surface area contributed by atoms with Crippen molar-refractivity contribution in [2.45, 2.75) is 0 Å². The Bertz CT molecular complexity index is 96.3. The smallest absolute Gasteiger partial charge is 0.373 e. The first-order valence-corrected chi connectivity index (χ1v) is 1.20. The van der Waals surface area contributed by atoms with Crippen molar-refractivity contribution in [2.75, 3.05) is 0 Å². The number of hydrogen-bond donors (Lipinski definition) is 0. The van der Waals surface area contributed by atoms with Crippen LogP contribution in [0.25, 0.3) is 47.9 Å². The molecule has 0 unspecified atom stereocenters. The second-order valence-electron chi connectivity index (χ2n) is 0.268. The summed E-state index contributed by atoms with van der Waals surface area (Å²) in [6.45, 7) is 0. The Labute approximate surface area is 87.3 Å². The zero-order chi connectivity index (χ0) is 8.12. The molecule has 0 bridgehead atoms. The summed E-state index contributed by atoms with van der Waals surface area (Å²) in [5, 5.41) is 0. The van der Waals surface area contributed by atoms with Gasteiger partial charge in [0.25, 0.3) is 0 Å². The number of rotatable bonds is 0. The first-order valence-electron chi connectivity index (χ1n) is 1.20. The summed E-state index contributed by atoms with van der Waals surface area (Å²) in [4.78, 5) is 4.50. The summed E-state index contributed by atoms with van der Waals surface area (Å²) in [5.41, 5.74) is 40.5. The number of hydrogen-bond acceptors (Lipinski definition) is 0. The second-order valence-corrected chi connectivity index (χ2v) is 0.268. The maximum absolute atomic E-state index is 6.75. The van der Waals surface area contributed by atoms with Crippen LogP contribution in [0.1, 0.15) is 0 Å². The van der Waals surface area contributed by atoms with Gasteiger partial charge in [0, 0.05) is 0 Å². The predicted octanol–water partition coefficient (Wildman–Crippen LogP) is 2.60. The topological polar surface area (TPSA) is 176 Å². The average Bonchev–Trinajstić information content (AvgIpc) is 1.70. The van der Waals surface area contributed by atoms with Gasteiger partial charge >= 0.3 is 39.9 Å². The Hall–Kier alpha value is -0.745. The van der Waals surface area contributed by atoms with Gasteiger partial charge in [-0.05, 0) is 0 Å². The van der Waals surface area contributed by atoms with Crippen molar-refractivity contribution in [3.05, 3.63) is 47.9 Å². The SMILES string of the molecule is [Gd+3].[N-]=[N+]=[N-].[N-]=[N+]=[N-].[N-]=[N+]=[N-]. The normalized spacial score (nSPS) is 2.40. The van der Waals surface area contributed by atoms with Crippen LogP contribution >= 0.6 is 0 Å². The van der Waals surface area contributed by atoms with Crippen molar-refractivity contribution in [1.82, 2.24) is 0 Å². The average molecular weight is 283 g/mol. The molecule has 0 saturated heterocycles. The minimum atomic E-state index is 0. The predicted molar refractivity (Wildman–Crippen MR) is 30.2 cm³/mol. The van der Waals surface area contributed by atoms with E-state index < -0.39 is 0 Å². The van der Waals surface area contributed by atoms with E-state index in [2.05, 4.69) is 0 Å². The van der Waals surface area contributed by atoms with Crippen LogP contribution in [0.2, 0.25) is 0 Å². The fourth-order valence-electron chi connectivity index (χ4n) is 0. The Balaban J connectivity index is -0.0000000257. The molecule has 0 N–H and O–H groups in total. The maximum atomic E-state index is 6.75. The van der Waals surface area contributed by atoms with Crippen LogP contribution in [-0.2, 0) is 0 Å². The van der Waals surface area contributed by atoms with Gasteiger partial charge in [0.15, 0.2) is 0 Å². The second kappa shape index (κ2) is 85.5. The van der Waals surface area contributed by atoms with Crippen LogP contribution in [-0.4, -0.2) is 0 Å². The summed E-state index contributed by atoms with van der Waals surface area (Å²) in [6.07, 6.45) is 0. The molecule has 0 atom stereocenters. The van der Waals surface area contributed by atoms with Crippen molar-refractivity contribution < 1.29 is 39.9 Å². The molecule has 0 fully saturated rings. The zero-order valence-electron chi connectivity index (χ0n) is 4.38. The van der Waals surface area contributed by atoms with Crippen LogP contribution < -0.4 is 0 Å². The Morgan fingerprint density at radius 3 is 0.500 bits per heavy atom. The van der Waals surface area contributed by atoms with E-state index in [9.17, 15) is 0 Å². The molecule has 0 aromatic carbocycles. The van der Waals surface area contributed by atoms with Crippen LogP contribution in [0.3, 0.4) is 0 Å². The van der Waals surface area contributed by atoms with Gasteiger partial charge in [0.2, 0.25) is 0 Å². The van der Waals surface area contributed by atoms with E-state index in [1.54, 1.807) is 0 Å². The van der Waals surface area contributed by atoms with Gasteiger partial charge in [-0.3, -0.25) is 14.7 Å². The molecule has 10 heavy (non-hydrogen) atoms. The fourth-order valence-corrected chi connectivity index (χ4v) is 0. The van der Waals surface area contributed by atoms with Crippen LogP contribution in [0.15, 0.2) is 0 Å². The first-order chi connectivity index (χ1) is 4.24. The van der Waals surface area contributed by atoms with E-state index in [1.807, 2.05) is 0 Å². The Kier molecular flexibility index (Phi) is 195. The van der Waals surface area contributed by atoms with Gasteiger partial charge in [0.1, 0.15) is 0 Å². The fraction of sp³-hybridized carbons (Fsp3) is 0. The molecular weight excluding hydrogens is 283 g/mol. The van der Waals surface area contributed by atoms with Crippen molar-refractivity contribution in [3.8, 4) is 0 Å². The summed E-state index contributed by atoms with van der Waals surface area (Å²) in [7, 11) is 0. The van der Waals surface area contributed by atoms with E-state index in [-0.39, 0.29) is 39.9 Å². The molecule has 10 heteroatoms. The zero-order valence-corrected chi connectivity index (χ0v) is 6.65. The Morgan fingerprint density at radius 1 is 0.500 bits per heavy atom. The standard InChI is InChI=1S/Gd.3N3/c;3*1-3-2/q+3;3*-1. The van der Waals surface area contributed by atoms with E-state index >= 15 is 0 Å². The molecule has 0 aliphatic rings. The maximum Gasteiger partial charge on any atom is 3.00 e. The van der Waals surface area contributed by atoms with Gasteiger partial charge < -0.3 is 33.2 Å². The quantitative estimate of drug-likeness (QED) is 0.361. The van der Waals surface area contributed by atoms with Crippen LogP contribution in [0.4, 0.5) is 0 Å². The molecule has 9 nitrogen and oxygen atoms in total. The van der Waals surface area contributed by atoms with Crippen LogP contribution in [0.5, 0.6) is 0 Å². The Morgan fingerprint density at radius 2 is 0.500 bits per heavy atom. The van der Waals surface area contributed by atoms with Crippen molar-refractivity contribution in [3.63, 3.8) is 0 Å². The number of nitrogens with zero attached hydrogens (tertiary/aromatic N) is 9. The molecule has 0 aromatic heterocycles. The molecule has 0 aromatic rings. The van der Waals surface area contributed by atoms with Crippen LogP contribution in [0, 0.1) is 39.9 Å². The minimum Gasteiger partial charge on any atom is -0.373 e. The first kappa shape index (κ1) is 22.8. The van der Waals surface area contributed by atoms with Crippen molar-refractivity contribution in [2.24, 2.45) is 0 Å². The minimum absolute atomic E-state index is 0. The molecule has 1 radical (unpaired) electrons. The van der Waals surface area contributed by atoms with Gasteiger partial charge in [-0.25, -0.2) is 0 Å². The van der Waals surface area contributed by atoms with Gasteiger partial charge in [0.05, 0.1) is 0 Å². The molecule has 0 aliphatic heterocycles. The molecule has 0 spiro atoms. The monoisotopic (exact) mass is 284 g/mol. The molecule has 0 heterocycles. The van der Waals surface area contributed by atoms with Crippen molar-refractivity contribution in [1.29, 1.82) is 0 Å². The van der Waals surface area contributed by atoms with E-state index in [1.165, 1.54) is 14.7 Å². The largest absolute Gasteiger partial charge is 3.00 e. The third-order valence-electron chi connectivity index (χ3n) is 0. The third kappa shape index (κ3) is 511. The van der Waals surface area contributed by atoms with Gasteiger partial charge in [-0.2, -0.15) is 0 Å². The van der Waals surface area contributed by atoms with Gasteiger partial charge in [-0.15, -0.1) is 0 Å². The third-order valence-corrected chi connectivity index (χ3v) is 0. The summed E-state index contributed by atoms with van der Waals surface area (Å²) < 4.78 is 0. The summed E-state index contributed by atoms with van der Waals surface area (Å²) in [5.74, 6) is 0. The molecule has 53 valence electrons. The van der Waals surface area contributed by atoms with E-state index in [0.717, 1.165) is 0 Å². The molecule has 0 aliphatic carbocycles. The molecular formula is GdN9. The summed E-state index contributed by atoms with van der Waals surface area (Å²) >= 11 is 0. The van der Waals surface area contributed by atoms with Crippen molar-refractivity contribution >= 4 is 0 Å². The van der Waals surface area contributed by atoms with E-state index in [4.69, 9.17) is 33.2 Å². The summed E-state index contributed by atoms with van der Waals surface area (Å²) in [6, 6.07) is 0. The van der Waals surface area contributed by atoms with Gasteiger partial charge in [-0.1, -0.05) is 0 Å². The molecule has 0 amide bonds.